The van der Waals surface area contributed by atoms with Crippen molar-refractivity contribution >= 4 is 10.9 Å². The van der Waals surface area contributed by atoms with Gasteiger partial charge in [-0.3, -0.25) is 0 Å². The van der Waals surface area contributed by atoms with E-state index in [0.717, 1.165) is 44.8 Å². The van der Waals surface area contributed by atoms with E-state index in [-0.39, 0.29) is 0 Å². The predicted molar refractivity (Wildman–Crippen MR) is 150 cm³/mol. The smallest absolute Gasteiger partial charge is 0.203 e. The fourth-order valence-electron chi connectivity index (χ4n) is 4.63. The van der Waals surface area contributed by atoms with Crippen LogP contribution in [0, 0.1) is 0 Å². The Labute approximate surface area is 222 Å². The molecule has 0 fully saturated rings. The monoisotopic (exact) mass is 509 g/mol. The van der Waals surface area contributed by atoms with Crippen LogP contribution in [0.2, 0.25) is 0 Å². The number of nitrogens with zero attached hydrogens (tertiary/aromatic N) is 1. The maximum absolute atomic E-state index is 5.98. The SMILES string of the molecule is COc1ccc2c(c1)cc(-c1cc(OC)c(OC)c(OC)c1)n2Cc1ccc(OCc2ccccc2)cc1. The van der Waals surface area contributed by atoms with Crippen molar-refractivity contribution in [2.45, 2.75) is 13.2 Å². The third kappa shape index (κ3) is 5.11. The number of hydrogen-bond acceptors (Lipinski definition) is 5. The number of benzene rings is 4. The molecular formula is C32H31NO5. The van der Waals surface area contributed by atoms with E-state index in [9.17, 15) is 0 Å². The van der Waals surface area contributed by atoms with E-state index in [4.69, 9.17) is 23.7 Å². The van der Waals surface area contributed by atoms with Crippen LogP contribution in [-0.2, 0) is 13.2 Å². The number of fused-ring (bicyclic) bond motifs is 1. The quantitative estimate of drug-likeness (QED) is 0.203. The first kappa shape index (κ1) is 25.1. The molecule has 0 bridgehead atoms. The fraction of sp³-hybridized carbons (Fsp3) is 0.188. The highest BCUT2D eigenvalue weighted by atomic mass is 16.5. The van der Waals surface area contributed by atoms with Gasteiger partial charge in [-0.2, -0.15) is 0 Å². The Morgan fingerprint density at radius 3 is 1.92 bits per heavy atom. The van der Waals surface area contributed by atoms with Crippen molar-refractivity contribution in [3.8, 4) is 40.0 Å². The Kier molecular flexibility index (Phi) is 7.40. The molecule has 0 spiro atoms. The summed E-state index contributed by atoms with van der Waals surface area (Å²) in [6.45, 7) is 1.20. The lowest BCUT2D eigenvalue weighted by Crippen LogP contribution is -2.03. The van der Waals surface area contributed by atoms with E-state index in [2.05, 4.69) is 41.0 Å². The normalized spacial score (nSPS) is 10.8. The standard InChI is InChI=1S/C32H31NO5/c1-34-27-14-15-28-24(16-27)17-29(25-18-30(35-2)32(37-4)31(19-25)36-3)33(28)20-22-10-12-26(13-11-22)38-21-23-8-6-5-7-9-23/h5-19H,20-21H2,1-4H3. The minimum Gasteiger partial charge on any atom is -0.497 e. The summed E-state index contributed by atoms with van der Waals surface area (Å²) in [7, 11) is 6.54. The van der Waals surface area contributed by atoms with Crippen LogP contribution in [0.25, 0.3) is 22.2 Å². The summed E-state index contributed by atoms with van der Waals surface area (Å²) < 4.78 is 30.6. The molecule has 5 rings (SSSR count). The van der Waals surface area contributed by atoms with Crippen LogP contribution in [0.15, 0.2) is 91.0 Å². The van der Waals surface area contributed by atoms with Crippen LogP contribution >= 0.6 is 0 Å². The molecule has 0 amide bonds. The number of methoxy groups -OCH3 is 4. The molecule has 6 heteroatoms. The molecule has 1 heterocycles. The molecule has 4 aromatic carbocycles. The highest BCUT2D eigenvalue weighted by Gasteiger charge is 2.18. The first-order valence-corrected chi connectivity index (χ1v) is 12.4. The fourth-order valence-corrected chi connectivity index (χ4v) is 4.63. The van der Waals surface area contributed by atoms with E-state index in [1.165, 1.54) is 0 Å². The van der Waals surface area contributed by atoms with E-state index in [1.807, 2.05) is 54.6 Å². The third-order valence-electron chi connectivity index (χ3n) is 6.58. The highest BCUT2D eigenvalue weighted by Crippen LogP contribution is 2.42. The summed E-state index contributed by atoms with van der Waals surface area (Å²) in [5, 5.41) is 1.08. The molecule has 0 aliphatic heterocycles. The molecular weight excluding hydrogens is 478 g/mol. The summed E-state index contributed by atoms with van der Waals surface area (Å²) >= 11 is 0. The second-order valence-corrected chi connectivity index (χ2v) is 8.87. The highest BCUT2D eigenvalue weighted by molar-refractivity contribution is 5.89. The summed E-state index contributed by atoms with van der Waals surface area (Å²) in [4.78, 5) is 0. The molecule has 0 aliphatic rings. The second kappa shape index (κ2) is 11.2. The summed E-state index contributed by atoms with van der Waals surface area (Å²) in [6, 6.07) is 30.7. The average molecular weight is 510 g/mol. The van der Waals surface area contributed by atoms with Crippen LogP contribution in [0.3, 0.4) is 0 Å². The van der Waals surface area contributed by atoms with Crippen LogP contribution in [0.1, 0.15) is 11.1 Å². The van der Waals surface area contributed by atoms with Crippen molar-refractivity contribution in [3.63, 3.8) is 0 Å². The second-order valence-electron chi connectivity index (χ2n) is 8.87. The Bertz CT molecular complexity index is 1500. The van der Waals surface area contributed by atoms with Crippen molar-refractivity contribution in [2.75, 3.05) is 28.4 Å². The van der Waals surface area contributed by atoms with Crippen molar-refractivity contribution in [3.05, 3.63) is 102 Å². The molecule has 0 N–H and O–H groups in total. The van der Waals surface area contributed by atoms with Crippen molar-refractivity contribution in [1.29, 1.82) is 0 Å². The molecule has 0 aliphatic carbocycles. The molecule has 0 radical (unpaired) electrons. The molecule has 0 saturated heterocycles. The van der Waals surface area contributed by atoms with E-state index >= 15 is 0 Å². The topological polar surface area (TPSA) is 51.1 Å². The minimum atomic E-state index is 0.537. The Morgan fingerprint density at radius 2 is 1.29 bits per heavy atom. The third-order valence-corrected chi connectivity index (χ3v) is 6.58. The molecule has 194 valence electrons. The number of ether oxygens (including phenoxy) is 5. The first-order chi connectivity index (χ1) is 18.6. The van der Waals surface area contributed by atoms with Gasteiger partial charge in [-0.15, -0.1) is 0 Å². The lowest BCUT2D eigenvalue weighted by molar-refractivity contribution is 0.306. The van der Waals surface area contributed by atoms with Gasteiger partial charge in [0.1, 0.15) is 18.1 Å². The Balaban J connectivity index is 1.51. The zero-order valence-corrected chi connectivity index (χ0v) is 22.1. The van der Waals surface area contributed by atoms with Gasteiger partial charge in [-0.25, -0.2) is 0 Å². The van der Waals surface area contributed by atoms with Gasteiger partial charge in [0.05, 0.1) is 28.4 Å². The predicted octanol–water partition coefficient (Wildman–Crippen LogP) is 6.97. The number of rotatable bonds is 10. The van der Waals surface area contributed by atoms with E-state index in [0.29, 0.717) is 30.4 Å². The van der Waals surface area contributed by atoms with Gasteiger partial charge in [0.2, 0.25) is 5.75 Å². The molecule has 5 aromatic rings. The molecule has 6 nitrogen and oxygen atoms in total. The zero-order valence-electron chi connectivity index (χ0n) is 22.1. The van der Waals surface area contributed by atoms with Crippen molar-refractivity contribution < 1.29 is 23.7 Å². The van der Waals surface area contributed by atoms with Gasteiger partial charge < -0.3 is 28.3 Å². The Hall–Kier alpha value is -4.58. The van der Waals surface area contributed by atoms with Gasteiger partial charge in [0, 0.05) is 28.7 Å². The first-order valence-electron chi connectivity index (χ1n) is 12.4. The van der Waals surface area contributed by atoms with Gasteiger partial charge in [0.25, 0.3) is 0 Å². The van der Waals surface area contributed by atoms with Crippen LogP contribution in [-0.4, -0.2) is 33.0 Å². The van der Waals surface area contributed by atoms with Gasteiger partial charge >= 0.3 is 0 Å². The Morgan fingerprint density at radius 1 is 0.605 bits per heavy atom. The molecule has 1 aromatic heterocycles. The molecule has 38 heavy (non-hydrogen) atoms. The summed E-state index contributed by atoms with van der Waals surface area (Å²) in [6.07, 6.45) is 0. The molecule has 0 unspecified atom stereocenters. The van der Waals surface area contributed by atoms with Crippen LogP contribution in [0.4, 0.5) is 0 Å². The van der Waals surface area contributed by atoms with E-state index in [1.54, 1.807) is 28.4 Å². The minimum absolute atomic E-state index is 0.537. The lowest BCUT2D eigenvalue weighted by atomic mass is 10.1. The average Bonchev–Trinajstić information content (AvgIpc) is 3.33. The van der Waals surface area contributed by atoms with Gasteiger partial charge in [-0.1, -0.05) is 42.5 Å². The lowest BCUT2D eigenvalue weighted by Gasteiger charge is -2.16. The van der Waals surface area contributed by atoms with Gasteiger partial charge in [0.15, 0.2) is 11.5 Å². The summed E-state index contributed by atoms with van der Waals surface area (Å²) in [5.74, 6) is 3.43. The van der Waals surface area contributed by atoms with E-state index < -0.39 is 0 Å². The van der Waals surface area contributed by atoms with Crippen LogP contribution < -0.4 is 23.7 Å². The van der Waals surface area contributed by atoms with Gasteiger partial charge in [-0.05, 0) is 59.7 Å². The molecule has 0 saturated carbocycles. The van der Waals surface area contributed by atoms with Crippen molar-refractivity contribution in [1.82, 2.24) is 4.57 Å². The largest absolute Gasteiger partial charge is 0.497 e. The zero-order chi connectivity index (χ0) is 26.5. The number of hydrogen-bond donors (Lipinski definition) is 0. The molecule has 0 atom stereocenters. The maximum atomic E-state index is 5.98. The number of aromatic nitrogens is 1. The van der Waals surface area contributed by atoms with Crippen LogP contribution in [0.5, 0.6) is 28.7 Å². The summed E-state index contributed by atoms with van der Waals surface area (Å²) in [5.41, 5.74) is 5.37. The van der Waals surface area contributed by atoms with Crippen molar-refractivity contribution in [2.24, 2.45) is 0 Å². The maximum Gasteiger partial charge on any atom is 0.203 e.